The number of sulfonamides is 1. The van der Waals surface area contributed by atoms with Gasteiger partial charge in [-0.05, 0) is 43.7 Å². The first-order valence-corrected chi connectivity index (χ1v) is 12.0. The Kier molecular flexibility index (Phi) is 7.50. The molecule has 4 atom stereocenters. The molecular formula is C20H29Cl2N5O3S. The van der Waals surface area contributed by atoms with Crippen molar-refractivity contribution in [2.24, 2.45) is 17.8 Å². The van der Waals surface area contributed by atoms with Crippen LogP contribution in [0.5, 0.6) is 0 Å². The number of anilines is 1. The summed E-state index contributed by atoms with van der Waals surface area (Å²) in [4.78, 5) is 25.9. The zero-order valence-electron chi connectivity index (χ0n) is 17.2. The molecule has 1 amide bonds. The van der Waals surface area contributed by atoms with Gasteiger partial charge in [0, 0.05) is 45.1 Å². The lowest BCUT2D eigenvalue weighted by Gasteiger charge is -2.34. The molecule has 0 radical (unpaired) electrons. The maximum absolute atomic E-state index is 12.9. The first kappa shape index (κ1) is 24.2. The van der Waals surface area contributed by atoms with E-state index in [1.807, 2.05) is 18.2 Å². The molecule has 1 aromatic rings. The minimum absolute atomic E-state index is 0. The number of rotatable bonds is 6. The predicted octanol–water partition coefficient (Wildman–Crippen LogP) is 1.59. The van der Waals surface area contributed by atoms with Crippen molar-refractivity contribution in [1.82, 2.24) is 19.2 Å². The lowest BCUT2D eigenvalue weighted by molar-refractivity contribution is -0.129. The monoisotopic (exact) mass is 489 g/mol. The van der Waals surface area contributed by atoms with Crippen molar-refractivity contribution >= 4 is 46.7 Å². The summed E-state index contributed by atoms with van der Waals surface area (Å²) >= 11 is 0. The molecule has 0 aromatic carbocycles. The number of carbonyl (C=O) groups excluding carboxylic acids is 1. The van der Waals surface area contributed by atoms with Crippen LogP contribution in [0.2, 0.25) is 0 Å². The summed E-state index contributed by atoms with van der Waals surface area (Å²) in [7, 11) is -3.49. The van der Waals surface area contributed by atoms with Crippen LogP contribution in [0.1, 0.15) is 19.3 Å². The fourth-order valence-corrected chi connectivity index (χ4v) is 7.78. The van der Waals surface area contributed by atoms with Crippen molar-refractivity contribution in [2.45, 2.75) is 24.5 Å². The Morgan fingerprint density at radius 3 is 2.26 bits per heavy atom. The number of hydrogen-bond acceptors (Lipinski definition) is 7. The molecule has 0 N–H and O–H groups in total. The third-order valence-electron chi connectivity index (χ3n) is 6.86. The van der Waals surface area contributed by atoms with E-state index in [1.54, 1.807) is 12.4 Å². The highest BCUT2D eigenvalue weighted by Gasteiger charge is 2.62. The van der Waals surface area contributed by atoms with Crippen molar-refractivity contribution in [3.05, 3.63) is 30.6 Å². The van der Waals surface area contributed by atoms with Gasteiger partial charge in [-0.2, -0.15) is 0 Å². The Morgan fingerprint density at radius 2 is 1.58 bits per heavy atom. The first-order valence-electron chi connectivity index (χ1n) is 10.5. The van der Waals surface area contributed by atoms with Crippen LogP contribution in [0, 0.1) is 17.8 Å². The zero-order chi connectivity index (χ0) is 20.0. The second-order valence-corrected chi connectivity index (χ2v) is 10.5. The van der Waals surface area contributed by atoms with Gasteiger partial charge in [-0.25, -0.2) is 22.7 Å². The largest absolute Gasteiger partial charge is 0.338 e. The van der Waals surface area contributed by atoms with Crippen LogP contribution in [0.3, 0.4) is 0 Å². The number of allylic oxidation sites excluding steroid dienone is 2. The van der Waals surface area contributed by atoms with Gasteiger partial charge in [-0.3, -0.25) is 9.69 Å². The average Bonchev–Trinajstić information content (AvgIpc) is 3.41. The van der Waals surface area contributed by atoms with Crippen molar-refractivity contribution in [2.75, 3.05) is 44.2 Å². The molecule has 5 rings (SSSR count). The minimum atomic E-state index is -3.49. The quantitative estimate of drug-likeness (QED) is 0.442. The molecule has 1 saturated carbocycles. The van der Waals surface area contributed by atoms with Gasteiger partial charge < -0.3 is 4.90 Å². The van der Waals surface area contributed by atoms with Crippen LogP contribution in [0.4, 0.5) is 5.95 Å². The molecule has 172 valence electrons. The standard InChI is InChI=1S/C20H27N5O3S.2ClH/c26-19-17-15-4-5-16(14-15)18(17)29(27,28)25(19)9-2-1-8-23-10-12-24(13-11-23)20-21-6-3-7-22-20;;/h3-7,15-18H,1-2,8-14H2;2*1H. The summed E-state index contributed by atoms with van der Waals surface area (Å²) in [6.07, 6.45) is 10.0. The molecule has 2 bridgehead atoms. The van der Waals surface area contributed by atoms with Crippen LogP contribution >= 0.6 is 24.8 Å². The van der Waals surface area contributed by atoms with Gasteiger partial charge >= 0.3 is 0 Å². The number of unbranched alkanes of at least 4 members (excludes halogenated alkanes) is 1. The summed E-state index contributed by atoms with van der Waals surface area (Å²) in [5, 5.41) is -0.502. The van der Waals surface area contributed by atoms with Gasteiger partial charge in [0.25, 0.3) is 0 Å². The third kappa shape index (κ3) is 4.29. The highest BCUT2D eigenvalue weighted by Crippen LogP contribution is 2.52. The number of hydrogen-bond donors (Lipinski definition) is 0. The highest BCUT2D eigenvalue weighted by molar-refractivity contribution is 7.90. The molecular weight excluding hydrogens is 461 g/mol. The van der Waals surface area contributed by atoms with E-state index in [0.29, 0.717) is 6.54 Å². The van der Waals surface area contributed by atoms with Crippen molar-refractivity contribution < 1.29 is 13.2 Å². The van der Waals surface area contributed by atoms with E-state index in [4.69, 9.17) is 0 Å². The molecule has 31 heavy (non-hydrogen) atoms. The molecule has 4 aliphatic rings. The van der Waals surface area contributed by atoms with E-state index in [2.05, 4.69) is 19.8 Å². The molecule has 11 heteroatoms. The Hall–Kier alpha value is -1.42. The van der Waals surface area contributed by atoms with Gasteiger partial charge in [0.15, 0.2) is 0 Å². The number of halogens is 2. The Balaban J connectivity index is 0.00000136. The van der Waals surface area contributed by atoms with E-state index < -0.39 is 15.3 Å². The normalized spacial score (nSPS) is 30.8. The summed E-state index contributed by atoms with van der Waals surface area (Å²) in [6.45, 7) is 4.91. The van der Waals surface area contributed by atoms with Crippen LogP contribution in [0.15, 0.2) is 30.6 Å². The van der Waals surface area contributed by atoms with E-state index in [-0.39, 0.29) is 48.5 Å². The van der Waals surface area contributed by atoms with E-state index >= 15 is 0 Å². The zero-order valence-corrected chi connectivity index (χ0v) is 19.7. The SMILES string of the molecule is Cl.Cl.O=C1C2C3C=CC(C3)C2S(=O)(=O)N1CCCCN1CCN(c2ncccn2)CC1. The summed E-state index contributed by atoms with van der Waals surface area (Å²) in [6, 6.07) is 1.82. The smallest absolute Gasteiger partial charge is 0.241 e. The molecule has 2 aliphatic carbocycles. The molecule has 3 fully saturated rings. The van der Waals surface area contributed by atoms with Gasteiger partial charge in [0.1, 0.15) is 0 Å². The number of nitrogens with zero attached hydrogens (tertiary/aromatic N) is 5. The van der Waals surface area contributed by atoms with Gasteiger partial charge in [-0.15, -0.1) is 24.8 Å². The van der Waals surface area contributed by atoms with E-state index in [1.165, 1.54) is 4.31 Å². The van der Waals surface area contributed by atoms with Gasteiger partial charge in [-0.1, -0.05) is 12.2 Å². The van der Waals surface area contributed by atoms with Crippen molar-refractivity contribution in [1.29, 1.82) is 0 Å². The van der Waals surface area contributed by atoms with Crippen molar-refractivity contribution in [3.63, 3.8) is 0 Å². The Bertz CT molecular complexity index is 909. The summed E-state index contributed by atoms with van der Waals surface area (Å²) in [5.41, 5.74) is 0. The van der Waals surface area contributed by atoms with Crippen LogP contribution in [-0.4, -0.2) is 78.0 Å². The fraction of sp³-hybridized carbons (Fsp3) is 0.650. The van der Waals surface area contributed by atoms with Crippen LogP contribution < -0.4 is 4.90 Å². The Labute approximate surface area is 196 Å². The predicted molar refractivity (Wildman–Crippen MR) is 123 cm³/mol. The number of amides is 1. The minimum Gasteiger partial charge on any atom is -0.338 e. The van der Waals surface area contributed by atoms with E-state index in [9.17, 15) is 13.2 Å². The maximum atomic E-state index is 12.9. The maximum Gasteiger partial charge on any atom is 0.241 e. The van der Waals surface area contributed by atoms with Crippen LogP contribution in [-0.2, 0) is 14.8 Å². The van der Waals surface area contributed by atoms with E-state index in [0.717, 1.165) is 57.9 Å². The molecule has 4 unspecified atom stereocenters. The molecule has 1 aromatic heterocycles. The average molecular weight is 490 g/mol. The topological polar surface area (TPSA) is 86.7 Å². The molecule has 2 aliphatic heterocycles. The number of fused-ring (bicyclic) bond motifs is 5. The van der Waals surface area contributed by atoms with Gasteiger partial charge in [0.05, 0.1) is 11.2 Å². The molecule has 2 saturated heterocycles. The van der Waals surface area contributed by atoms with Crippen molar-refractivity contribution in [3.8, 4) is 0 Å². The fourth-order valence-electron chi connectivity index (χ4n) is 5.40. The second-order valence-electron chi connectivity index (χ2n) is 8.48. The van der Waals surface area contributed by atoms with Gasteiger partial charge in [0.2, 0.25) is 21.9 Å². The number of aromatic nitrogens is 2. The number of piperazine rings is 1. The second kappa shape index (κ2) is 9.60. The third-order valence-corrected chi connectivity index (χ3v) is 9.17. The molecule has 8 nitrogen and oxygen atoms in total. The lowest BCUT2D eigenvalue weighted by Crippen LogP contribution is -2.47. The summed E-state index contributed by atoms with van der Waals surface area (Å²) < 4.78 is 27.0. The highest BCUT2D eigenvalue weighted by atomic mass is 35.5. The molecule has 3 heterocycles. The Morgan fingerprint density at radius 1 is 0.935 bits per heavy atom. The molecule has 0 spiro atoms. The summed E-state index contributed by atoms with van der Waals surface area (Å²) in [5.74, 6) is 0.446. The first-order chi connectivity index (χ1) is 14.1. The van der Waals surface area contributed by atoms with Crippen LogP contribution in [0.25, 0.3) is 0 Å². The number of carbonyl (C=O) groups is 1. The lowest BCUT2D eigenvalue weighted by atomic mass is 9.92.